The molecule has 0 aliphatic carbocycles. The van der Waals surface area contributed by atoms with E-state index < -0.39 is 6.10 Å². The van der Waals surface area contributed by atoms with Crippen molar-refractivity contribution in [1.82, 2.24) is 20.0 Å². The lowest BCUT2D eigenvalue weighted by molar-refractivity contribution is -0.120. The Labute approximate surface area is 205 Å². The first-order valence-electron chi connectivity index (χ1n) is 10.2. The van der Waals surface area contributed by atoms with Crippen LogP contribution in [0, 0.1) is 0 Å². The van der Waals surface area contributed by atoms with Crippen LogP contribution in [0.25, 0.3) is 0 Å². The van der Waals surface area contributed by atoms with Crippen molar-refractivity contribution in [2.45, 2.75) is 13.0 Å². The first kappa shape index (κ1) is 25.7. The number of hydrogen-bond acceptors (Lipinski definition) is 6. The maximum Gasteiger partial charge on any atom is 0.246 e. The summed E-state index contributed by atoms with van der Waals surface area (Å²) in [7, 11) is 4.95. The molecule has 176 valence electrons. The molecule has 10 nitrogen and oxygen atoms in total. The zero-order valence-corrected chi connectivity index (χ0v) is 21.1. The van der Waals surface area contributed by atoms with Crippen molar-refractivity contribution in [1.29, 1.82) is 0 Å². The molecule has 1 aliphatic heterocycles. The number of aliphatic hydroxyl groups is 1. The normalized spacial score (nSPS) is 15.3. The van der Waals surface area contributed by atoms with Crippen LogP contribution in [-0.2, 0) is 11.8 Å². The minimum atomic E-state index is -0.883. The molecule has 1 atom stereocenters. The highest BCUT2D eigenvalue weighted by atomic mass is 127. The lowest BCUT2D eigenvalue weighted by atomic mass is 10.1. The molecule has 0 bridgehead atoms. The summed E-state index contributed by atoms with van der Waals surface area (Å²) in [5.74, 6) is 1.75. The zero-order valence-electron chi connectivity index (χ0n) is 18.8. The average Bonchev–Trinajstić information content (AvgIpc) is 3.21. The van der Waals surface area contributed by atoms with Crippen molar-refractivity contribution in [3.63, 3.8) is 0 Å². The summed E-state index contributed by atoms with van der Waals surface area (Å²) >= 11 is 0. The summed E-state index contributed by atoms with van der Waals surface area (Å²) in [5.41, 5.74) is 1.38. The van der Waals surface area contributed by atoms with Gasteiger partial charge in [-0.15, -0.1) is 24.0 Å². The van der Waals surface area contributed by atoms with Gasteiger partial charge in [0.2, 0.25) is 5.91 Å². The smallest absolute Gasteiger partial charge is 0.246 e. The molecule has 1 unspecified atom stereocenters. The second kappa shape index (κ2) is 11.9. The van der Waals surface area contributed by atoms with Gasteiger partial charge in [-0.2, -0.15) is 5.10 Å². The molecule has 1 aromatic carbocycles. The molecular weight excluding hydrogens is 527 g/mol. The molecule has 1 amide bonds. The molecule has 3 rings (SSSR count). The van der Waals surface area contributed by atoms with Gasteiger partial charge in [0.25, 0.3) is 0 Å². The van der Waals surface area contributed by atoms with Crippen LogP contribution in [0.4, 0.5) is 5.69 Å². The first-order valence-corrected chi connectivity index (χ1v) is 10.2. The van der Waals surface area contributed by atoms with Gasteiger partial charge in [-0.3, -0.25) is 14.5 Å². The number of carbonyl (C=O) groups is 1. The molecule has 2 aromatic rings. The topological polar surface area (TPSA) is 104 Å². The summed E-state index contributed by atoms with van der Waals surface area (Å²) < 4.78 is 12.3. The third kappa shape index (κ3) is 6.03. The van der Waals surface area contributed by atoms with Gasteiger partial charge in [-0.05, 0) is 25.1 Å². The third-order valence-corrected chi connectivity index (χ3v) is 5.07. The van der Waals surface area contributed by atoms with E-state index in [-0.39, 0.29) is 43.0 Å². The number of nitrogens with one attached hydrogen (secondary N) is 1. The number of carbonyl (C=O) groups excluding carboxylic acids is 1. The van der Waals surface area contributed by atoms with Crippen LogP contribution in [0.1, 0.15) is 18.6 Å². The number of halogens is 1. The molecule has 1 aromatic heterocycles. The van der Waals surface area contributed by atoms with Gasteiger partial charge in [0, 0.05) is 38.4 Å². The number of aliphatic hydroxyl groups excluding tert-OH is 1. The van der Waals surface area contributed by atoms with E-state index in [1.807, 2.05) is 25.1 Å². The highest BCUT2D eigenvalue weighted by Gasteiger charge is 2.28. The number of aromatic nitrogens is 2. The number of guanidine groups is 1. The van der Waals surface area contributed by atoms with Crippen LogP contribution in [-0.4, -0.2) is 78.6 Å². The number of nitrogens with zero attached hydrogens (tertiary/aromatic N) is 5. The molecule has 1 saturated heterocycles. The van der Waals surface area contributed by atoms with Crippen molar-refractivity contribution < 1.29 is 19.4 Å². The molecule has 0 radical (unpaired) electrons. The summed E-state index contributed by atoms with van der Waals surface area (Å²) in [6.07, 6.45) is 2.63. The van der Waals surface area contributed by atoms with Gasteiger partial charge >= 0.3 is 0 Å². The van der Waals surface area contributed by atoms with Crippen LogP contribution in [0.15, 0.2) is 35.6 Å². The monoisotopic (exact) mass is 558 g/mol. The predicted octanol–water partition coefficient (Wildman–Crippen LogP) is 1.40. The number of benzene rings is 1. The third-order valence-electron chi connectivity index (χ3n) is 5.07. The Hall–Kier alpha value is -2.54. The largest absolute Gasteiger partial charge is 0.497 e. The molecule has 2 heterocycles. The highest BCUT2D eigenvalue weighted by molar-refractivity contribution is 14.0. The van der Waals surface area contributed by atoms with Gasteiger partial charge in [-0.1, -0.05) is 0 Å². The Morgan fingerprint density at radius 2 is 2.09 bits per heavy atom. The van der Waals surface area contributed by atoms with Gasteiger partial charge in [-0.25, -0.2) is 0 Å². The SMILES string of the molecule is CCNC(=NCC(O)c1cc(OC)ccc1OC)N1CCN(c2cnn(C)c2)C(=O)C1.I. The maximum absolute atomic E-state index is 12.7. The molecule has 1 fully saturated rings. The molecule has 0 saturated carbocycles. The first-order chi connectivity index (χ1) is 15.0. The molecule has 2 N–H and O–H groups in total. The van der Waals surface area contributed by atoms with E-state index in [0.29, 0.717) is 42.7 Å². The van der Waals surface area contributed by atoms with E-state index in [4.69, 9.17) is 9.47 Å². The van der Waals surface area contributed by atoms with Crippen LogP contribution < -0.4 is 19.7 Å². The number of methoxy groups -OCH3 is 2. The zero-order chi connectivity index (χ0) is 22.4. The Balaban J connectivity index is 0.00000363. The van der Waals surface area contributed by atoms with E-state index in [1.165, 1.54) is 0 Å². The molecule has 11 heteroatoms. The van der Waals surface area contributed by atoms with E-state index in [9.17, 15) is 9.90 Å². The maximum atomic E-state index is 12.7. The quantitative estimate of drug-likeness (QED) is 0.301. The van der Waals surface area contributed by atoms with Crippen molar-refractivity contribution in [3.05, 3.63) is 36.2 Å². The average molecular weight is 558 g/mol. The fraction of sp³-hybridized carbons (Fsp3) is 0.476. The lowest BCUT2D eigenvalue weighted by Gasteiger charge is -2.35. The van der Waals surface area contributed by atoms with Crippen LogP contribution in [0.5, 0.6) is 11.5 Å². The molecule has 32 heavy (non-hydrogen) atoms. The number of aliphatic imine (C=N–C) groups is 1. The number of rotatable bonds is 7. The van der Waals surface area contributed by atoms with E-state index in [1.54, 1.807) is 48.2 Å². The summed E-state index contributed by atoms with van der Waals surface area (Å²) in [5, 5.41) is 18.1. The second-order valence-electron chi connectivity index (χ2n) is 7.16. The number of ether oxygens (including phenoxy) is 2. The van der Waals surface area contributed by atoms with Gasteiger partial charge in [0.1, 0.15) is 24.1 Å². The van der Waals surface area contributed by atoms with Crippen molar-refractivity contribution in [2.75, 3.05) is 51.8 Å². The summed E-state index contributed by atoms with van der Waals surface area (Å²) in [6.45, 7) is 4.06. The van der Waals surface area contributed by atoms with Gasteiger partial charge < -0.3 is 29.7 Å². The van der Waals surface area contributed by atoms with Gasteiger partial charge in [0.15, 0.2) is 5.96 Å². The fourth-order valence-electron chi connectivity index (χ4n) is 3.47. The minimum absolute atomic E-state index is 0. The van der Waals surface area contributed by atoms with Crippen LogP contribution >= 0.6 is 24.0 Å². The molecule has 0 spiro atoms. The lowest BCUT2D eigenvalue weighted by Crippen LogP contribution is -2.55. The summed E-state index contributed by atoms with van der Waals surface area (Å²) in [4.78, 5) is 20.9. The second-order valence-corrected chi connectivity index (χ2v) is 7.16. The number of amides is 1. The predicted molar refractivity (Wildman–Crippen MR) is 133 cm³/mol. The Morgan fingerprint density at radius 1 is 1.31 bits per heavy atom. The number of hydrogen-bond donors (Lipinski definition) is 2. The van der Waals surface area contributed by atoms with Crippen molar-refractivity contribution >= 4 is 41.5 Å². The fourth-order valence-corrected chi connectivity index (χ4v) is 3.47. The Kier molecular flexibility index (Phi) is 9.57. The van der Waals surface area contributed by atoms with Crippen molar-refractivity contribution in [3.8, 4) is 11.5 Å². The van der Waals surface area contributed by atoms with E-state index in [0.717, 1.165) is 5.69 Å². The Morgan fingerprint density at radius 3 is 2.69 bits per heavy atom. The number of aryl methyl sites for hydroxylation is 1. The summed E-state index contributed by atoms with van der Waals surface area (Å²) in [6, 6.07) is 5.26. The van der Waals surface area contributed by atoms with Crippen LogP contribution in [0.2, 0.25) is 0 Å². The molecule has 1 aliphatic rings. The number of piperazine rings is 1. The van der Waals surface area contributed by atoms with E-state index in [2.05, 4.69) is 15.4 Å². The van der Waals surface area contributed by atoms with Crippen molar-refractivity contribution in [2.24, 2.45) is 12.0 Å². The molecular formula is C21H31IN6O4. The standard InChI is InChI=1S/C21H30N6O4.HI/c1-5-22-21(23-12-18(28)17-10-16(30-3)6-7-19(17)31-4)26-8-9-27(20(29)14-26)15-11-24-25(2)13-15;/h6-7,10-11,13,18,28H,5,8-9,12,14H2,1-4H3,(H,22,23);1H. The minimum Gasteiger partial charge on any atom is -0.497 e. The highest BCUT2D eigenvalue weighted by Crippen LogP contribution is 2.29. The van der Waals surface area contributed by atoms with Crippen LogP contribution in [0.3, 0.4) is 0 Å². The van der Waals surface area contributed by atoms with Gasteiger partial charge in [0.05, 0.1) is 32.6 Å². The Bertz CT molecular complexity index is 935. The number of anilines is 1. The van der Waals surface area contributed by atoms with E-state index >= 15 is 0 Å².